The molecule has 3 rings (SSSR count). The maximum atomic E-state index is 6.37. The third-order valence-corrected chi connectivity index (χ3v) is 5.11. The lowest BCUT2D eigenvalue weighted by molar-refractivity contribution is 0.191. The van der Waals surface area contributed by atoms with Crippen LogP contribution in [0.25, 0.3) is 0 Å². The average Bonchev–Trinajstić information content (AvgIpc) is 2.71. The molecule has 0 aromatic carbocycles. The first kappa shape index (κ1) is 14.2. The Bertz CT molecular complexity index is 475. The van der Waals surface area contributed by atoms with Gasteiger partial charge in [-0.3, -0.25) is 0 Å². The molecule has 0 bridgehead atoms. The molecule has 0 spiro atoms. The Labute approximate surface area is 123 Å². The van der Waals surface area contributed by atoms with Gasteiger partial charge in [-0.15, -0.1) is 0 Å². The third kappa shape index (κ3) is 2.79. The van der Waals surface area contributed by atoms with Gasteiger partial charge in [0.1, 0.15) is 0 Å². The molecule has 112 valence electrons. The quantitative estimate of drug-likeness (QED) is 0.900. The number of nitrogens with two attached hydrogens (primary N) is 1. The molecule has 2 aliphatic rings. The van der Waals surface area contributed by atoms with Crippen molar-refractivity contribution in [3.8, 4) is 0 Å². The minimum absolute atomic E-state index is 0.226. The fraction of sp³-hybridized carbons (Fsp3) is 0.765. The standard InChI is InChI=1S/C17H29N3/c1-17(2)9-15(18)14-6-8-20(16(14)10-17)12-13-5-4-7-19(3)11-13/h6,8,13,15H,4-5,7,9-12,18H2,1-3H3. The smallest absolute Gasteiger partial charge is 0.0318 e. The van der Waals surface area contributed by atoms with E-state index < -0.39 is 0 Å². The van der Waals surface area contributed by atoms with Crippen LogP contribution in [0.15, 0.2) is 12.3 Å². The van der Waals surface area contributed by atoms with Crippen LogP contribution in [-0.4, -0.2) is 29.6 Å². The zero-order valence-electron chi connectivity index (χ0n) is 13.2. The summed E-state index contributed by atoms with van der Waals surface area (Å²) >= 11 is 0. The topological polar surface area (TPSA) is 34.2 Å². The average molecular weight is 275 g/mol. The first-order valence-corrected chi connectivity index (χ1v) is 8.07. The van der Waals surface area contributed by atoms with E-state index in [4.69, 9.17) is 5.73 Å². The number of piperidine rings is 1. The molecule has 20 heavy (non-hydrogen) atoms. The summed E-state index contributed by atoms with van der Waals surface area (Å²) in [5, 5.41) is 0. The maximum absolute atomic E-state index is 6.37. The van der Waals surface area contributed by atoms with Crippen LogP contribution in [0.1, 0.15) is 50.4 Å². The van der Waals surface area contributed by atoms with Crippen molar-refractivity contribution in [2.24, 2.45) is 17.1 Å². The van der Waals surface area contributed by atoms with Crippen molar-refractivity contribution in [1.82, 2.24) is 9.47 Å². The molecule has 1 saturated heterocycles. The molecule has 2 atom stereocenters. The van der Waals surface area contributed by atoms with Crippen LogP contribution >= 0.6 is 0 Å². The Kier molecular flexibility index (Phi) is 3.67. The fourth-order valence-electron chi connectivity index (χ4n) is 4.17. The van der Waals surface area contributed by atoms with Gasteiger partial charge in [0.2, 0.25) is 0 Å². The summed E-state index contributed by atoms with van der Waals surface area (Å²) in [5.74, 6) is 0.798. The number of likely N-dealkylation sites (tertiary alicyclic amines) is 1. The molecular weight excluding hydrogens is 246 g/mol. The van der Waals surface area contributed by atoms with Gasteiger partial charge in [-0.05, 0) is 62.2 Å². The van der Waals surface area contributed by atoms with Gasteiger partial charge in [0.25, 0.3) is 0 Å². The third-order valence-electron chi connectivity index (χ3n) is 5.11. The second-order valence-corrected chi connectivity index (χ2v) is 7.79. The SMILES string of the molecule is CN1CCCC(Cn2ccc3c2CC(C)(C)CC3N)C1. The Balaban J connectivity index is 1.78. The van der Waals surface area contributed by atoms with Crippen LogP contribution in [0.5, 0.6) is 0 Å². The minimum Gasteiger partial charge on any atom is -0.351 e. The number of hydrogen-bond donors (Lipinski definition) is 1. The predicted octanol–water partition coefficient (Wildman–Crippen LogP) is 2.80. The number of fused-ring (bicyclic) bond motifs is 1. The first-order valence-electron chi connectivity index (χ1n) is 8.07. The van der Waals surface area contributed by atoms with Gasteiger partial charge in [0.05, 0.1) is 0 Å². The summed E-state index contributed by atoms with van der Waals surface area (Å²) in [5.41, 5.74) is 9.61. The number of aromatic nitrogens is 1. The van der Waals surface area contributed by atoms with Gasteiger partial charge in [-0.2, -0.15) is 0 Å². The zero-order chi connectivity index (χ0) is 14.3. The summed E-state index contributed by atoms with van der Waals surface area (Å²) in [7, 11) is 2.25. The molecule has 2 N–H and O–H groups in total. The van der Waals surface area contributed by atoms with Crippen molar-refractivity contribution in [3.63, 3.8) is 0 Å². The molecule has 0 radical (unpaired) electrons. The molecule has 0 saturated carbocycles. The van der Waals surface area contributed by atoms with Crippen molar-refractivity contribution in [2.45, 2.75) is 52.1 Å². The Hall–Kier alpha value is -0.800. The summed E-state index contributed by atoms with van der Waals surface area (Å²) < 4.78 is 2.50. The lowest BCUT2D eigenvalue weighted by Crippen LogP contribution is -2.35. The van der Waals surface area contributed by atoms with Gasteiger partial charge in [-0.25, -0.2) is 0 Å². The van der Waals surface area contributed by atoms with Gasteiger partial charge >= 0.3 is 0 Å². The molecule has 1 aliphatic carbocycles. The highest BCUT2D eigenvalue weighted by molar-refractivity contribution is 5.30. The van der Waals surface area contributed by atoms with Crippen LogP contribution in [0, 0.1) is 11.3 Å². The van der Waals surface area contributed by atoms with Gasteiger partial charge < -0.3 is 15.2 Å². The van der Waals surface area contributed by atoms with Crippen LogP contribution in [0.4, 0.5) is 0 Å². The summed E-state index contributed by atoms with van der Waals surface area (Å²) in [6.45, 7) is 8.37. The summed E-state index contributed by atoms with van der Waals surface area (Å²) in [6, 6.07) is 2.49. The molecule has 1 aromatic heterocycles. The molecule has 3 heteroatoms. The van der Waals surface area contributed by atoms with E-state index in [2.05, 4.69) is 42.6 Å². The molecule has 0 amide bonds. The van der Waals surface area contributed by atoms with E-state index in [-0.39, 0.29) is 6.04 Å². The Morgan fingerprint density at radius 1 is 1.40 bits per heavy atom. The Morgan fingerprint density at radius 3 is 2.95 bits per heavy atom. The van der Waals surface area contributed by atoms with E-state index in [1.807, 2.05) is 0 Å². The minimum atomic E-state index is 0.226. The van der Waals surface area contributed by atoms with E-state index in [1.54, 1.807) is 0 Å². The molecule has 2 heterocycles. The summed E-state index contributed by atoms with van der Waals surface area (Å²) in [4.78, 5) is 2.47. The highest BCUT2D eigenvalue weighted by Gasteiger charge is 2.32. The first-order chi connectivity index (χ1) is 9.44. The van der Waals surface area contributed by atoms with Gasteiger partial charge in [-0.1, -0.05) is 13.8 Å². The van der Waals surface area contributed by atoms with Crippen LogP contribution < -0.4 is 5.73 Å². The van der Waals surface area contributed by atoms with Gasteiger partial charge in [0, 0.05) is 31.0 Å². The monoisotopic (exact) mass is 275 g/mol. The Morgan fingerprint density at radius 2 is 2.20 bits per heavy atom. The van der Waals surface area contributed by atoms with E-state index in [0.29, 0.717) is 5.41 Å². The zero-order valence-corrected chi connectivity index (χ0v) is 13.2. The number of rotatable bonds is 2. The largest absolute Gasteiger partial charge is 0.351 e. The molecule has 2 unspecified atom stereocenters. The van der Waals surface area contributed by atoms with E-state index in [1.165, 1.54) is 50.2 Å². The van der Waals surface area contributed by atoms with Crippen molar-refractivity contribution in [1.29, 1.82) is 0 Å². The number of hydrogen-bond acceptors (Lipinski definition) is 2. The van der Waals surface area contributed by atoms with Crippen molar-refractivity contribution in [2.75, 3.05) is 20.1 Å². The van der Waals surface area contributed by atoms with Crippen molar-refractivity contribution < 1.29 is 0 Å². The van der Waals surface area contributed by atoms with E-state index in [9.17, 15) is 0 Å². The summed E-state index contributed by atoms with van der Waals surface area (Å²) in [6.07, 6.45) is 7.27. The van der Waals surface area contributed by atoms with Crippen molar-refractivity contribution >= 4 is 0 Å². The lowest BCUT2D eigenvalue weighted by Gasteiger charge is -2.36. The normalized spacial score (nSPS) is 30.2. The highest BCUT2D eigenvalue weighted by atomic mass is 15.1. The highest BCUT2D eigenvalue weighted by Crippen LogP contribution is 2.40. The van der Waals surface area contributed by atoms with Gasteiger partial charge in [0.15, 0.2) is 0 Å². The molecule has 1 fully saturated rings. The molecule has 1 aromatic rings. The predicted molar refractivity (Wildman–Crippen MR) is 83.7 cm³/mol. The fourth-order valence-corrected chi connectivity index (χ4v) is 4.17. The van der Waals surface area contributed by atoms with Crippen LogP contribution in [-0.2, 0) is 13.0 Å². The molecule has 1 aliphatic heterocycles. The van der Waals surface area contributed by atoms with E-state index in [0.717, 1.165) is 12.3 Å². The second-order valence-electron chi connectivity index (χ2n) is 7.79. The second kappa shape index (κ2) is 5.19. The lowest BCUT2D eigenvalue weighted by atomic mass is 9.74. The molecule has 3 nitrogen and oxygen atoms in total. The molecular formula is C17H29N3. The van der Waals surface area contributed by atoms with E-state index >= 15 is 0 Å². The van der Waals surface area contributed by atoms with Crippen molar-refractivity contribution in [3.05, 3.63) is 23.5 Å². The van der Waals surface area contributed by atoms with Crippen LogP contribution in [0.3, 0.4) is 0 Å². The number of nitrogens with zero attached hydrogens (tertiary/aromatic N) is 2. The van der Waals surface area contributed by atoms with Crippen LogP contribution in [0.2, 0.25) is 0 Å². The maximum Gasteiger partial charge on any atom is 0.0318 e.